The van der Waals surface area contributed by atoms with Gasteiger partial charge >= 0.3 is 0 Å². The summed E-state index contributed by atoms with van der Waals surface area (Å²) in [5.41, 5.74) is 1.91. The van der Waals surface area contributed by atoms with Crippen LogP contribution in [0.4, 0.5) is 0 Å². The van der Waals surface area contributed by atoms with Crippen molar-refractivity contribution in [3.8, 4) is 28.7 Å². The van der Waals surface area contributed by atoms with E-state index in [-0.39, 0.29) is 18.8 Å². The number of hydrogen-bond acceptors (Lipinski definition) is 9. The van der Waals surface area contributed by atoms with E-state index >= 15 is 0 Å². The molecule has 0 amide bonds. The summed E-state index contributed by atoms with van der Waals surface area (Å²) in [5, 5.41) is 30.0. The van der Waals surface area contributed by atoms with E-state index in [9.17, 15) is 15.3 Å². The normalized spacial score (nSPS) is 34.8. The summed E-state index contributed by atoms with van der Waals surface area (Å²) in [6.07, 6.45) is -5.93. The van der Waals surface area contributed by atoms with Crippen LogP contribution in [0.15, 0.2) is 30.3 Å². The fraction of sp³-hybridized carbons (Fsp3) is 0.455. The Hall–Kier alpha value is -2.72. The van der Waals surface area contributed by atoms with E-state index in [0.717, 1.165) is 16.9 Å². The van der Waals surface area contributed by atoms with Crippen LogP contribution in [0.1, 0.15) is 30.1 Å². The monoisotopic (exact) mass is 430 g/mol. The summed E-state index contributed by atoms with van der Waals surface area (Å²) < 4.78 is 34.4. The lowest BCUT2D eigenvalue weighted by Crippen LogP contribution is -2.58. The average Bonchev–Trinajstić information content (AvgIpc) is 3.37. The molecule has 0 spiro atoms. The molecule has 1 fully saturated rings. The van der Waals surface area contributed by atoms with Gasteiger partial charge in [0, 0.05) is 23.3 Å². The lowest BCUT2D eigenvalue weighted by atomic mass is 9.89. The van der Waals surface area contributed by atoms with E-state index in [1.165, 1.54) is 0 Å². The first-order valence-corrected chi connectivity index (χ1v) is 10.2. The van der Waals surface area contributed by atoms with Gasteiger partial charge in [-0.25, -0.2) is 0 Å². The van der Waals surface area contributed by atoms with Crippen LogP contribution >= 0.6 is 0 Å². The Kier molecular flexibility index (Phi) is 4.23. The topological polar surface area (TPSA) is 116 Å². The summed E-state index contributed by atoms with van der Waals surface area (Å²) in [4.78, 5) is 0. The van der Waals surface area contributed by atoms with Gasteiger partial charge in [-0.05, 0) is 25.1 Å². The molecule has 31 heavy (non-hydrogen) atoms. The molecular weight excluding hydrogens is 408 g/mol. The molecule has 3 N–H and O–H groups in total. The van der Waals surface area contributed by atoms with Gasteiger partial charge in [0.25, 0.3) is 0 Å². The van der Waals surface area contributed by atoms with Gasteiger partial charge in [-0.1, -0.05) is 0 Å². The van der Waals surface area contributed by atoms with Crippen LogP contribution in [0.3, 0.4) is 0 Å². The molecule has 4 heterocycles. The van der Waals surface area contributed by atoms with E-state index < -0.39 is 30.7 Å². The first-order valence-electron chi connectivity index (χ1n) is 10.2. The number of hydrogen-bond donors (Lipinski definition) is 3. The van der Waals surface area contributed by atoms with Crippen molar-refractivity contribution in [1.82, 2.24) is 0 Å². The highest BCUT2D eigenvalue weighted by Gasteiger charge is 2.44. The molecule has 6 rings (SSSR count). The molecular formula is C22H22O9. The first-order chi connectivity index (χ1) is 15.0. The standard InChI is InChI=1S/C22H22O9/c1-9-18(23)19(24)20(25)22(29-9)30-10-2-3-11-14(4-10)26-7-13-12-5-16-17(28-8-27-16)6-15(12)31-21(11)13/h2-6,9,13,18-25H,7-8H2,1H3. The van der Waals surface area contributed by atoms with E-state index in [1.807, 2.05) is 18.2 Å². The van der Waals surface area contributed by atoms with Crippen LogP contribution in [-0.4, -0.2) is 59.4 Å². The van der Waals surface area contributed by atoms with E-state index in [4.69, 9.17) is 28.4 Å². The van der Waals surface area contributed by atoms with Gasteiger partial charge in [-0.15, -0.1) is 0 Å². The summed E-state index contributed by atoms with van der Waals surface area (Å²) in [6.45, 7) is 2.24. The van der Waals surface area contributed by atoms with Gasteiger partial charge in [0.05, 0.1) is 18.6 Å². The molecule has 2 aromatic rings. The minimum Gasteiger partial charge on any atom is -0.492 e. The summed E-state index contributed by atoms with van der Waals surface area (Å²) in [6, 6.07) is 9.12. The molecule has 0 aliphatic carbocycles. The Balaban J connectivity index is 1.24. The van der Waals surface area contributed by atoms with Gasteiger partial charge in [0.1, 0.15) is 41.7 Å². The molecule has 7 unspecified atom stereocenters. The number of aliphatic hydroxyl groups is 3. The molecule has 0 aromatic heterocycles. The molecule has 0 saturated carbocycles. The van der Waals surface area contributed by atoms with Crippen molar-refractivity contribution in [3.05, 3.63) is 41.5 Å². The Bertz CT molecular complexity index is 1020. The van der Waals surface area contributed by atoms with E-state index in [1.54, 1.807) is 19.1 Å². The quantitative estimate of drug-likeness (QED) is 0.647. The smallest absolute Gasteiger partial charge is 0.231 e. The molecule has 1 saturated heterocycles. The predicted molar refractivity (Wildman–Crippen MR) is 104 cm³/mol. The Morgan fingerprint density at radius 1 is 0.839 bits per heavy atom. The molecule has 0 radical (unpaired) electrons. The Labute approximate surface area is 177 Å². The zero-order valence-electron chi connectivity index (χ0n) is 16.6. The fourth-order valence-corrected chi connectivity index (χ4v) is 4.54. The Morgan fingerprint density at radius 3 is 2.48 bits per heavy atom. The third-order valence-electron chi connectivity index (χ3n) is 6.29. The lowest BCUT2D eigenvalue weighted by Gasteiger charge is -2.39. The van der Waals surface area contributed by atoms with Crippen molar-refractivity contribution in [2.45, 2.75) is 49.7 Å². The summed E-state index contributed by atoms with van der Waals surface area (Å²) in [5.74, 6) is 3.21. The van der Waals surface area contributed by atoms with Gasteiger partial charge in [0.2, 0.25) is 13.1 Å². The third kappa shape index (κ3) is 2.92. The van der Waals surface area contributed by atoms with E-state index in [2.05, 4.69) is 0 Å². The largest absolute Gasteiger partial charge is 0.492 e. The fourth-order valence-electron chi connectivity index (χ4n) is 4.54. The van der Waals surface area contributed by atoms with Gasteiger partial charge < -0.3 is 43.7 Å². The minimum absolute atomic E-state index is 0.0322. The average molecular weight is 430 g/mol. The highest BCUT2D eigenvalue weighted by molar-refractivity contribution is 5.57. The van der Waals surface area contributed by atoms with Crippen molar-refractivity contribution in [1.29, 1.82) is 0 Å². The number of ether oxygens (including phenoxy) is 6. The lowest BCUT2D eigenvalue weighted by molar-refractivity contribution is -0.268. The molecule has 4 aliphatic rings. The van der Waals surface area contributed by atoms with Crippen molar-refractivity contribution in [3.63, 3.8) is 0 Å². The maximum absolute atomic E-state index is 10.2. The van der Waals surface area contributed by atoms with Crippen LogP contribution in [0.25, 0.3) is 0 Å². The molecule has 7 atom stereocenters. The molecule has 2 aromatic carbocycles. The van der Waals surface area contributed by atoms with Crippen molar-refractivity contribution >= 4 is 0 Å². The number of benzene rings is 2. The van der Waals surface area contributed by atoms with Gasteiger partial charge in [0.15, 0.2) is 11.5 Å². The second-order valence-corrected chi connectivity index (χ2v) is 8.20. The van der Waals surface area contributed by atoms with Crippen LogP contribution in [0.5, 0.6) is 28.7 Å². The predicted octanol–water partition coefficient (Wildman–Crippen LogP) is 1.23. The van der Waals surface area contributed by atoms with Crippen LogP contribution in [0.2, 0.25) is 0 Å². The minimum atomic E-state index is -1.38. The number of rotatable bonds is 2. The second-order valence-electron chi connectivity index (χ2n) is 8.20. The zero-order chi connectivity index (χ0) is 21.3. The highest BCUT2D eigenvalue weighted by Crippen LogP contribution is 2.54. The summed E-state index contributed by atoms with van der Waals surface area (Å²) >= 11 is 0. The highest BCUT2D eigenvalue weighted by atomic mass is 16.7. The van der Waals surface area contributed by atoms with Crippen molar-refractivity contribution in [2.24, 2.45) is 0 Å². The van der Waals surface area contributed by atoms with Gasteiger partial charge in [-0.2, -0.15) is 0 Å². The molecule has 9 heteroatoms. The SMILES string of the molecule is CC1OC(Oc2ccc3c(c2)OCC2c4cc5c(cc4OC32)OCO5)C(O)C(O)C1O. The van der Waals surface area contributed by atoms with Crippen LogP contribution in [0, 0.1) is 0 Å². The van der Waals surface area contributed by atoms with Crippen molar-refractivity contribution < 1.29 is 43.7 Å². The zero-order valence-corrected chi connectivity index (χ0v) is 16.6. The Morgan fingerprint density at radius 2 is 1.65 bits per heavy atom. The number of aliphatic hydroxyl groups excluding tert-OH is 3. The molecule has 4 aliphatic heterocycles. The van der Waals surface area contributed by atoms with E-state index in [0.29, 0.717) is 29.6 Å². The first kappa shape index (κ1) is 19.0. The molecule has 0 bridgehead atoms. The molecule has 164 valence electrons. The number of fused-ring (bicyclic) bond motifs is 6. The van der Waals surface area contributed by atoms with Crippen LogP contribution in [-0.2, 0) is 4.74 Å². The van der Waals surface area contributed by atoms with Crippen molar-refractivity contribution in [2.75, 3.05) is 13.4 Å². The second kappa shape index (κ2) is 6.89. The third-order valence-corrected chi connectivity index (χ3v) is 6.29. The van der Waals surface area contributed by atoms with Gasteiger partial charge in [-0.3, -0.25) is 0 Å². The maximum atomic E-state index is 10.2. The molecule has 9 nitrogen and oxygen atoms in total. The summed E-state index contributed by atoms with van der Waals surface area (Å²) in [7, 11) is 0. The maximum Gasteiger partial charge on any atom is 0.231 e. The van der Waals surface area contributed by atoms with Crippen LogP contribution < -0.4 is 23.7 Å².